The highest BCUT2D eigenvalue weighted by molar-refractivity contribution is 6.08. The lowest BCUT2D eigenvalue weighted by atomic mass is 9.85. The highest BCUT2D eigenvalue weighted by Crippen LogP contribution is 2.40. The van der Waals surface area contributed by atoms with Gasteiger partial charge in [-0.15, -0.1) is 0 Å². The standard InChI is InChI=1S/C27H27NO2/c1-27(2,3)21-15-16-25-23(19-21)22-13-7-8-14-24(22)28(17-9-10-18-30-25)26(29)20-11-5-4-6-12-20/h4-16,19H,17-18H2,1-3H3/b10-9-. The molecular weight excluding hydrogens is 370 g/mol. The van der Waals surface area contributed by atoms with E-state index in [1.807, 2.05) is 71.6 Å². The number of anilines is 1. The van der Waals surface area contributed by atoms with E-state index >= 15 is 0 Å². The number of benzene rings is 3. The Morgan fingerprint density at radius 3 is 2.37 bits per heavy atom. The Morgan fingerprint density at radius 2 is 1.60 bits per heavy atom. The molecule has 3 nitrogen and oxygen atoms in total. The average molecular weight is 398 g/mol. The molecule has 0 radical (unpaired) electrons. The molecule has 1 amide bonds. The van der Waals surface area contributed by atoms with Gasteiger partial charge in [0.2, 0.25) is 0 Å². The minimum absolute atomic E-state index is 0.0114. The van der Waals surface area contributed by atoms with Crippen molar-refractivity contribution in [3.63, 3.8) is 0 Å². The third kappa shape index (κ3) is 4.02. The van der Waals surface area contributed by atoms with Gasteiger partial charge in [-0.2, -0.15) is 0 Å². The summed E-state index contributed by atoms with van der Waals surface area (Å²) in [6.07, 6.45) is 3.97. The zero-order valence-corrected chi connectivity index (χ0v) is 17.8. The van der Waals surface area contributed by atoms with Gasteiger partial charge < -0.3 is 9.64 Å². The van der Waals surface area contributed by atoms with Crippen LogP contribution in [0.2, 0.25) is 0 Å². The van der Waals surface area contributed by atoms with E-state index in [0.29, 0.717) is 18.7 Å². The van der Waals surface area contributed by atoms with E-state index in [4.69, 9.17) is 4.74 Å². The quantitative estimate of drug-likeness (QED) is 0.455. The molecule has 3 aromatic rings. The van der Waals surface area contributed by atoms with Gasteiger partial charge in [-0.25, -0.2) is 0 Å². The molecule has 0 N–H and O–H groups in total. The number of para-hydroxylation sites is 1. The summed E-state index contributed by atoms with van der Waals surface area (Å²) in [6, 6.07) is 23.9. The van der Waals surface area contributed by atoms with Crippen LogP contribution < -0.4 is 9.64 Å². The summed E-state index contributed by atoms with van der Waals surface area (Å²) >= 11 is 0. The molecular formula is C27H27NO2. The summed E-state index contributed by atoms with van der Waals surface area (Å²) in [5, 5.41) is 0. The molecule has 3 aromatic carbocycles. The van der Waals surface area contributed by atoms with E-state index in [1.54, 1.807) is 0 Å². The predicted molar refractivity (Wildman–Crippen MR) is 123 cm³/mol. The first-order valence-electron chi connectivity index (χ1n) is 10.3. The first kappa shape index (κ1) is 20.0. The van der Waals surface area contributed by atoms with Crippen LogP contribution in [0.1, 0.15) is 36.7 Å². The van der Waals surface area contributed by atoms with Crippen molar-refractivity contribution in [1.29, 1.82) is 0 Å². The third-order valence-electron chi connectivity index (χ3n) is 5.39. The number of carbonyl (C=O) groups excluding carboxylic acids is 1. The molecule has 0 saturated heterocycles. The zero-order valence-electron chi connectivity index (χ0n) is 17.8. The van der Waals surface area contributed by atoms with Crippen LogP contribution in [-0.4, -0.2) is 19.1 Å². The highest BCUT2D eigenvalue weighted by Gasteiger charge is 2.23. The molecule has 30 heavy (non-hydrogen) atoms. The molecule has 0 saturated carbocycles. The van der Waals surface area contributed by atoms with Crippen molar-refractivity contribution >= 4 is 11.6 Å². The second kappa shape index (κ2) is 8.19. The first-order valence-corrected chi connectivity index (χ1v) is 10.3. The molecule has 1 aliphatic rings. The first-order chi connectivity index (χ1) is 14.4. The number of ether oxygens (including phenoxy) is 1. The topological polar surface area (TPSA) is 29.5 Å². The minimum atomic E-state index is -0.0114. The number of hydrogen-bond acceptors (Lipinski definition) is 2. The van der Waals surface area contributed by atoms with E-state index in [0.717, 1.165) is 22.6 Å². The van der Waals surface area contributed by atoms with Crippen LogP contribution in [-0.2, 0) is 5.41 Å². The number of nitrogens with zero attached hydrogens (tertiary/aromatic N) is 1. The maximum Gasteiger partial charge on any atom is 0.258 e. The van der Waals surface area contributed by atoms with Crippen molar-refractivity contribution in [2.45, 2.75) is 26.2 Å². The minimum Gasteiger partial charge on any atom is -0.489 e. The van der Waals surface area contributed by atoms with Gasteiger partial charge in [-0.1, -0.05) is 69.3 Å². The van der Waals surface area contributed by atoms with Crippen molar-refractivity contribution < 1.29 is 9.53 Å². The predicted octanol–water partition coefficient (Wildman–Crippen LogP) is 6.25. The van der Waals surface area contributed by atoms with E-state index < -0.39 is 0 Å². The van der Waals surface area contributed by atoms with Gasteiger partial charge >= 0.3 is 0 Å². The third-order valence-corrected chi connectivity index (χ3v) is 5.39. The summed E-state index contributed by atoms with van der Waals surface area (Å²) in [5.41, 5.74) is 4.82. The van der Waals surface area contributed by atoms with Crippen molar-refractivity contribution in [1.82, 2.24) is 0 Å². The van der Waals surface area contributed by atoms with Crippen LogP contribution in [0.3, 0.4) is 0 Å². The van der Waals surface area contributed by atoms with E-state index in [9.17, 15) is 4.79 Å². The number of carbonyl (C=O) groups is 1. The van der Waals surface area contributed by atoms with Crippen molar-refractivity contribution in [2.75, 3.05) is 18.1 Å². The monoisotopic (exact) mass is 397 g/mol. The van der Waals surface area contributed by atoms with Gasteiger partial charge in [-0.3, -0.25) is 4.79 Å². The summed E-state index contributed by atoms with van der Waals surface area (Å²) in [5.74, 6) is 0.817. The molecule has 0 aromatic heterocycles. The lowest BCUT2D eigenvalue weighted by Crippen LogP contribution is -2.31. The Kier molecular flexibility index (Phi) is 5.45. The Morgan fingerprint density at radius 1 is 0.867 bits per heavy atom. The molecule has 0 atom stereocenters. The molecule has 1 heterocycles. The Hall–Kier alpha value is -3.33. The van der Waals surface area contributed by atoms with Gasteiger partial charge in [0.15, 0.2) is 0 Å². The van der Waals surface area contributed by atoms with Crippen LogP contribution in [0.4, 0.5) is 5.69 Å². The van der Waals surface area contributed by atoms with Crippen molar-refractivity contribution in [3.05, 3.63) is 96.1 Å². The Labute approximate surface area is 178 Å². The largest absolute Gasteiger partial charge is 0.489 e. The molecule has 0 fully saturated rings. The molecule has 0 bridgehead atoms. The SMILES string of the molecule is CC(C)(C)c1ccc2c(c1)-c1ccccc1N(C(=O)c1ccccc1)C/C=C\CO2. The fraction of sp³-hybridized carbons (Fsp3) is 0.222. The Balaban J connectivity index is 1.90. The van der Waals surface area contributed by atoms with E-state index in [2.05, 4.69) is 39.0 Å². The average Bonchev–Trinajstić information content (AvgIpc) is 2.76. The van der Waals surface area contributed by atoms with Crippen LogP contribution in [0.15, 0.2) is 84.9 Å². The summed E-state index contributed by atoms with van der Waals surface area (Å²) < 4.78 is 6.08. The van der Waals surface area contributed by atoms with Gasteiger partial charge in [0, 0.05) is 23.2 Å². The van der Waals surface area contributed by atoms with Gasteiger partial charge in [0.25, 0.3) is 5.91 Å². The van der Waals surface area contributed by atoms with Crippen LogP contribution >= 0.6 is 0 Å². The molecule has 4 rings (SSSR count). The highest BCUT2D eigenvalue weighted by atomic mass is 16.5. The maximum atomic E-state index is 13.4. The molecule has 3 heteroatoms. The van der Waals surface area contributed by atoms with Crippen LogP contribution in [0.25, 0.3) is 11.1 Å². The molecule has 0 aliphatic carbocycles. The second-order valence-corrected chi connectivity index (χ2v) is 8.54. The lowest BCUT2D eigenvalue weighted by Gasteiger charge is -2.27. The normalized spacial score (nSPS) is 14.8. The molecule has 152 valence electrons. The van der Waals surface area contributed by atoms with Gasteiger partial charge in [0.05, 0.1) is 5.69 Å². The summed E-state index contributed by atoms with van der Waals surface area (Å²) in [6.45, 7) is 7.57. The zero-order chi connectivity index (χ0) is 21.1. The Bertz CT molecular complexity index is 1080. The maximum absolute atomic E-state index is 13.4. The van der Waals surface area contributed by atoms with Gasteiger partial charge in [-0.05, 0) is 47.4 Å². The van der Waals surface area contributed by atoms with Crippen molar-refractivity contribution in [3.8, 4) is 16.9 Å². The fourth-order valence-electron chi connectivity index (χ4n) is 3.68. The molecule has 0 unspecified atom stereocenters. The van der Waals surface area contributed by atoms with Crippen molar-refractivity contribution in [2.24, 2.45) is 0 Å². The number of amides is 1. The smallest absolute Gasteiger partial charge is 0.258 e. The molecule has 1 aliphatic heterocycles. The van der Waals surface area contributed by atoms with E-state index in [-0.39, 0.29) is 11.3 Å². The summed E-state index contributed by atoms with van der Waals surface area (Å²) in [7, 11) is 0. The van der Waals surface area contributed by atoms with Crippen LogP contribution in [0, 0.1) is 0 Å². The lowest BCUT2D eigenvalue weighted by molar-refractivity contribution is 0.0989. The number of fused-ring (bicyclic) bond motifs is 3. The fourth-order valence-corrected chi connectivity index (χ4v) is 3.68. The summed E-state index contributed by atoms with van der Waals surface area (Å²) in [4.78, 5) is 15.3. The van der Waals surface area contributed by atoms with Gasteiger partial charge in [0.1, 0.15) is 12.4 Å². The van der Waals surface area contributed by atoms with E-state index in [1.165, 1.54) is 5.56 Å². The van der Waals surface area contributed by atoms with Crippen LogP contribution in [0.5, 0.6) is 5.75 Å². The second-order valence-electron chi connectivity index (χ2n) is 8.54. The number of rotatable bonds is 1. The molecule has 0 spiro atoms. The number of hydrogen-bond donors (Lipinski definition) is 0.